The minimum absolute atomic E-state index is 0.0377. The Balaban J connectivity index is 1.88. The molecule has 0 radical (unpaired) electrons. The van der Waals surface area contributed by atoms with Gasteiger partial charge in [-0.05, 0) is 32.6 Å². The third-order valence-corrected chi connectivity index (χ3v) is 11.5. The number of allylic oxidation sites excluding steroid dienone is 12. The van der Waals surface area contributed by atoms with Gasteiger partial charge >= 0.3 is 11.9 Å². The number of aliphatic hydroxyl groups is 10. The Labute approximate surface area is 387 Å². The standard InChI is InChI=1S/C48H75NO17/c1-4-21-62-46(60)43-39(56)28-48(61)27-34(52)24-38(55)36(53)20-19-32(50)23-33(51)25-42(58)64-31(3)22-37(54)30(2)17-15-13-11-9-7-5-6-8-10-12-14-16-18-35(26-41(43)66-48)65-47-45(59)44(49)40(57)29-63-47/h5-18,30-41,43-45,47,50-57,59,61H,4,19-29,49H2,1-3H3/b6-5+,9-7+,10-8+,13-11+,14-12+,17-15+,18-16+/t30-,31-,32?,33?,34?,35?,36?,37-,38?,39-,40+,41-,43?,44-,45+,47-,48?/m0/s1. The van der Waals surface area contributed by atoms with E-state index in [1.54, 1.807) is 68.5 Å². The molecule has 3 aliphatic heterocycles. The molecule has 66 heavy (non-hydrogen) atoms. The Morgan fingerprint density at radius 1 is 0.712 bits per heavy atom. The molecule has 2 saturated heterocycles. The maximum atomic E-state index is 13.4. The average molecular weight is 938 g/mol. The van der Waals surface area contributed by atoms with Gasteiger partial charge in [0, 0.05) is 38.0 Å². The summed E-state index contributed by atoms with van der Waals surface area (Å²) in [7, 11) is 0. The first kappa shape index (κ1) is 56.9. The van der Waals surface area contributed by atoms with Gasteiger partial charge in [0.1, 0.15) is 18.1 Å². The molecule has 8 unspecified atom stereocenters. The van der Waals surface area contributed by atoms with Crippen LogP contribution >= 0.6 is 0 Å². The van der Waals surface area contributed by atoms with Gasteiger partial charge in [-0.2, -0.15) is 0 Å². The largest absolute Gasteiger partial charge is 0.465 e. The Kier molecular flexibility index (Phi) is 25.4. The van der Waals surface area contributed by atoms with Crippen LogP contribution in [-0.2, 0) is 33.3 Å². The third kappa shape index (κ3) is 20.4. The van der Waals surface area contributed by atoms with Crippen molar-refractivity contribution in [2.45, 2.75) is 176 Å². The van der Waals surface area contributed by atoms with E-state index in [0.717, 1.165) is 0 Å². The number of cyclic esters (lactones) is 1. The number of nitrogens with two attached hydrogens (primary N) is 1. The van der Waals surface area contributed by atoms with Crippen LogP contribution in [0.1, 0.15) is 85.0 Å². The molecule has 2 fully saturated rings. The van der Waals surface area contributed by atoms with Crippen LogP contribution in [0.15, 0.2) is 85.1 Å². The van der Waals surface area contributed by atoms with Gasteiger partial charge in [-0.3, -0.25) is 9.59 Å². The number of hydrogen-bond acceptors (Lipinski definition) is 18. The number of fused-ring (bicyclic) bond motifs is 2. The zero-order chi connectivity index (χ0) is 48.8. The second kappa shape index (κ2) is 29.4. The summed E-state index contributed by atoms with van der Waals surface area (Å²) >= 11 is 0. The summed E-state index contributed by atoms with van der Waals surface area (Å²) in [6.07, 6.45) is 6.24. The highest BCUT2D eigenvalue weighted by Crippen LogP contribution is 2.38. The number of rotatable bonds is 5. The lowest BCUT2D eigenvalue weighted by Gasteiger charge is -2.45. The van der Waals surface area contributed by atoms with Gasteiger partial charge in [-0.25, -0.2) is 0 Å². The zero-order valence-electron chi connectivity index (χ0n) is 38.2. The van der Waals surface area contributed by atoms with Gasteiger partial charge in [0.05, 0.1) is 86.7 Å². The second-order valence-electron chi connectivity index (χ2n) is 17.5. The maximum absolute atomic E-state index is 13.4. The first-order valence-corrected chi connectivity index (χ1v) is 22.9. The van der Waals surface area contributed by atoms with E-state index in [-0.39, 0.29) is 51.2 Å². The summed E-state index contributed by atoms with van der Waals surface area (Å²) in [6, 6.07) is -1.11. The lowest BCUT2D eigenvalue weighted by molar-refractivity contribution is -0.306. The Hall–Kier alpha value is -3.44. The van der Waals surface area contributed by atoms with Crippen molar-refractivity contribution < 1.29 is 84.3 Å². The SMILES string of the molecule is CCCOC(=O)C1[C@@H]2CC(O[C@@H]3OC[C@@H](O)[C@H](N)[C@H]3O)/C=C/C=C/C=C/C=C/C=C/C=C/C=C/[C@H](C)[C@@H](O)C[C@H](C)OC(=O)CC(O)CC(O)CCC(O)C(O)CC(O)CC(O)(C[C@@H]1O)O2. The summed E-state index contributed by atoms with van der Waals surface area (Å²) in [6.45, 7) is 5.04. The van der Waals surface area contributed by atoms with Crippen molar-refractivity contribution in [3.8, 4) is 0 Å². The van der Waals surface area contributed by atoms with E-state index >= 15 is 0 Å². The van der Waals surface area contributed by atoms with Crippen molar-refractivity contribution in [2.75, 3.05) is 13.2 Å². The van der Waals surface area contributed by atoms with Gasteiger partial charge in [0.15, 0.2) is 12.1 Å². The molecule has 0 saturated carbocycles. The van der Waals surface area contributed by atoms with E-state index < -0.39 is 135 Å². The first-order valence-electron chi connectivity index (χ1n) is 22.9. The fraction of sp³-hybridized carbons (Fsp3) is 0.667. The monoisotopic (exact) mass is 938 g/mol. The van der Waals surface area contributed by atoms with E-state index in [2.05, 4.69) is 0 Å². The highest BCUT2D eigenvalue weighted by Gasteiger charge is 2.51. The minimum atomic E-state index is -2.27. The summed E-state index contributed by atoms with van der Waals surface area (Å²) in [5.41, 5.74) is 5.99. The molecule has 0 aromatic rings. The van der Waals surface area contributed by atoms with E-state index in [0.29, 0.717) is 6.42 Å². The number of hydrogen-bond donors (Lipinski definition) is 11. The molecule has 0 aromatic carbocycles. The molecule has 0 aliphatic carbocycles. The topological polar surface area (TPSA) is 309 Å². The maximum Gasteiger partial charge on any atom is 0.314 e. The molecule has 0 amide bonds. The Morgan fingerprint density at radius 3 is 1.94 bits per heavy atom. The van der Waals surface area contributed by atoms with Gasteiger partial charge in [-0.15, -0.1) is 0 Å². The average Bonchev–Trinajstić information content (AvgIpc) is 3.23. The summed E-state index contributed by atoms with van der Waals surface area (Å²) < 4.78 is 28.5. The summed E-state index contributed by atoms with van der Waals surface area (Å²) in [5, 5.41) is 108. The molecule has 3 heterocycles. The predicted octanol–water partition coefficient (Wildman–Crippen LogP) is 0.946. The lowest BCUT2D eigenvalue weighted by atomic mass is 9.82. The van der Waals surface area contributed by atoms with Crippen molar-refractivity contribution in [3.63, 3.8) is 0 Å². The Bertz CT molecular complexity index is 1650. The molecule has 0 spiro atoms. The predicted molar refractivity (Wildman–Crippen MR) is 241 cm³/mol. The van der Waals surface area contributed by atoms with Crippen molar-refractivity contribution in [1.29, 1.82) is 0 Å². The fourth-order valence-corrected chi connectivity index (χ4v) is 7.77. The summed E-state index contributed by atoms with van der Waals surface area (Å²) in [5.74, 6) is -5.39. The normalized spacial score (nSPS) is 42.7. The molecule has 374 valence electrons. The van der Waals surface area contributed by atoms with Crippen LogP contribution in [-0.4, -0.2) is 168 Å². The van der Waals surface area contributed by atoms with Crippen molar-refractivity contribution in [2.24, 2.45) is 17.6 Å². The number of esters is 2. The van der Waals surface area contributed by atoms with Crippen molar-refractivity contribution >= 4 is 11.9 Å². The van der Waals surface area contributed by atoms with E-state index in [4.69, 9.17) is 29.4 Å². The first-order chi connectivity index (χ1) is 31.3. The highest BCUT2D eigenvalue weighted by atomic mass is 16.7. The smallest absolute Gasteiger partial charge is 0.314 e. The summed E-state index contributed by atoms with van der Waals surface area (Å²) in [4.78, 5) is 25.9. The van der Waals surface area contributed by atoms with Crippen LogP contribution in [0.4, 0.5) is 0 Å². The molecular weight excluding hydrogens is 863 g/mol. The van der Waals surface area contributed by atoms with Gasteiger partial charge in [0.25, 0.3) is 0 Å². The number of carbonyl (C=O) groups is 2. The fourth-order valence-electron chi connectivity index (χ4n) is 7.77. The molecule has 17 atom stereocenters. The van der Waals surface area contributed by atoms with Crippen LogP contribution in [0.25, 0.3) is 0 Å². The number of carbonyl (C=O) groups excluding carboxylic acids is 2. The molecule has 3 rings (SSSR count). The van der Waals surface area contributed by atoms with Crippen molar-refractivity contribution in [3.05, 3.63) is 85.1 Å². The third-order valence-electron chi connectivity index (χ3n) is 11.5. The van der Waals surface area contributed by atoms with Crippen LogP contribution in [0.2, 0.25) is 0 Å². The molecular formula is C48H75NO17. The molecule has 0 aromatic heterocycles. The van der Waals surface area contributed by atoms with Gasteiger partial charge in [0.2, 0.25) is 0 Å². The van der Waals surface area contributed by atoms with Crippen LogP contribution < -0.4 is 5.73 Å². The Morgan fingerprint density at radius 2 is 1.32 bits per heavy atom. The van der Waals surface area contributed by atoms with Crippen LogP contribution in [0.5, 0.6) is 0 Å². The molecule has 3 aliphatic rings. The lowest BCUT2D eigenvalue weighted by Crippen LogP contribution is -2.59. The molecule has 18 nitrogen and oxygen atoms in total. The van der Waals surface area contributed by atoms with E-state index in [1.165, 1.54) is 0 Å². The minimum Gasteiger partial charge on any atom is -0.465 e. The van der Waals surface area contributed by atoms with Crippen LogP contribution in [0, 0.1) is 11.8 Å². The highest BCUT2D eigenvalue weighted by molar-refractivity contribution is 5.74. The number of aliphatic hydroxyl groups excluding tert-OH is 9. The molecule has 2 bridgehead atoms. The second-order valence-corrected chi connectivity index (χ2v) is 17.5. The van der Waals surface area contributed by atoms with Crippen LogP contribution in [0.3, 0.4) is 0 Å². The van der Waals surface area contributed by atoms with Crippen molar-refractivity contribution in [1.82, 2.24) is 0 Å². The quantitative estimate of drug-likeness (QED) is 0.171. The zero-order valence-corrected chi connectivity index (χ0v) is 38.2. The number of ether oxygens (including phenoxy) is 5. The van der Waals surface area contributed by atoms with E-state index in [1.807, 2.05) is 37.3 Å². The molecule has 18 heteroatoms. The van der Waals surface area contributed by atoms with Gasteiger partial charge < -0.3 is 80.5 Å². The van der Waals surface area contributed by atoms with Gasteiger partial charge in [-0.1, -0.05) is 98.9 Å². The molecule has 12 N–H and O–H groups in total. The van der Waals surface area contributed by atoms with E-state index in [9.17, 15) is 60.7 Å².